The van der Waals surface area contributed by atoms with Crippen molar-refractivity contribution in [3.63, 3.8) is 0 Å². The number of hydrogen-bond donors (Lipinski definition) is 2. The largest absolute Gasteiger partial charge is 0.388 e. The summed E-state index contributed by atoms with van der Waals surface area (Å²) in [5.41, 5.74) is 0.936. The molecule has 1 unspecified atom stereocenters. The highest BCUT2D eigenvalue weighted by atomic mass is 35.5. The number of nitrogens with zero attached hydrogens (tertiary/aromatic N) is 2. The lowest BCUT2D eigenvalue weighted by Gasteiger charge is -2.15. The fraction of sp³-hybridized carbons (Fsp3) is 0.364. The van der Waals surface area contributed by atoms with Crippen molar-refractivity contribution in [1.82, 2.24) is 9.38 Å². The molecule has 1 fully saturated rings. The molecule has 0 amide bonds. The van der Waals surface area contributed by atoms with E-state index in [-0.39, 0.29) is 11.8 Å². The maximum absolute atomic E-state index is 9.90. The topological polar surface area (TPSA) is 67.0 Å². The van der Waals surface area contributed by atoms with Crippen LogP contribution in [0.25, 0.3) is 5.65 Å². The molecule has 3 atom stereocenters. The molecule has 0 spiro atoms. The van der Waals surface area contributed by atoms with E-state index in [1.165, 1.54) is 0 Å². The molecule has 2 aromatic heterocycles. The number of ether oxygens (including phenoxy) is 1. The van der Waals surface area contributed by atoms with Crippen LogP contribution in [0.5, 0.6) is 0 Å². The third-order valence-electron chi connectivity index (χ3n) is 3.08. The van der Waals surface area contributed by atoms with Gasteiger partial charge in [0, 0.05) is 12.3 Å². The van der Waals surface area contributed by atoms with E-state index in [1.54, 1.807) is 16.7 Å². The van der Waals surface area contributed by atoms with E-state index in [9.17, 15) is 10.2 Å². The van der Waals surface area contributed by atoms with Crippen LogP contribution in [0.1, 0.15) is 11.8 Å². The molecular formula is C11H9Cl3N2O3. The Bertz CT molecular complexity index is 646. The summed E-state index contributed by atoms with van der Waals surface area (Å²) in [5.74, 6) is 0. The predicted octanol–water partition coefficient (Wildman–Crippen LogP) is 2.09. The van der Waals surface area contributed by atoms with E-state index in [0.717, 1.165) is 0 Å². The second-order valence-corrected chi connectivity index (χ2v) is 5.47. The van der Waals surface area contributed by atoms with Crippen LogP contribution in [0.2, 0.25) is 15.2 Å². The number of halogens is 3. The second-order valence-electron chi connectivity index (χ2n) is 4.30. The van der Waals surface area contributed by atoms with Crippen LogP contribution in [-0.4, -0.2) is 38.4 Å². The van der Waals surface area contributed by atoms with Crippen LogP contribution >= 0.6 is 34.8 Å². The molecule has 0 aliphatic carbocycles. The molecule has 1 aliphatic rings. The van der Waals surface area contributed by atoms with Crippen LogP contribution in [0.3, 0.4) is 0 Å². The zero-order valence-electron chi connectivity index (χ0n) is 9.42. The van der Waals surface area contributed by atoms with Gasteiger partial charge in [-0.25, -0.2) is 4.98 Å². The van der Waals surface area contributed by atoms with Crippen LogP contribution in [-0.2, 0) is 4.74 Å². The second kappa shape index (κ2) is 4.77. The highest BCUT2D eigenvalue weighted by Crippen LogP contribution is 2.35. The third-order valence-corrected chi connectivity index (χ3v) is 4.07. The highest BCUT2D eigenvalue weighted by molar-refractivity contribution is 6.42. The first-order chi connectivity index (χ1) is 8.99. The monoisotopic (exact) mass is 322 g/mol. The molecule has 8 heteroatoms. The van der Waals surface area contributed by atoms with Crippen molar-refractivity contribution in [2.75, 3.05) is 6.61 Å². The average molecular weight is 324 g/mol. The molecule has 2 N–H and O–H groups in total. The lowest BCUT2D eigenvalue weighted by atomic mass is 10.1. The zero-order valence-corrected chi connectivity index (χ0v) is 11.7. The van der Waals surface area contributed by atoms with Gasteiger partial charge in [0.2, 0.25) is 0 Å². The maximum atomic E-state index is 9.90. The van der Waals surface area contributed by atoms with Gasteiger partial charge in [0.25, 0.3) is 0 Å². The predicted molar refractivity (Wildman–Crippen MR) is 70.9 cm³/mol. The van der Waals surface area contributed by atoms with Crippen molar-refractivity contribution < 1.29 is 14.9 Å². The van der Waals surface area contributed by atoms with Crippen molar-refractivity contribution in [1.29, 1.82) is 0 Å². The molecule has 5 nitrogen and oxygen atoms in total. The zero-order chi connectivity index (χ0) is 13.7. The Kier molecular flexibility index (Phi) is 3.37. The molecular weight excluding hydrogens is 314 g/mol. The van der Waals surface area contributed by atoms with Gasteiger partial charge < -0.3 is 14.9 Å². The van der Waals surface area contributed by atoms with Crippen molar-refractivity contribution in [2.45, 2.75) is 18.3 Å². The molecule has 0 radical (unpaired) electrons. The van der Waals surface area contributed by atoms with Gasteiger partial charge in [0.05, 0.1) is 22.3 Å². The number of aromatic nitrogens is 2. The van der Waals surface area contributed by atoms with Gasteiger partial charge in [-0.05, 0) is 0 Å². The number of rotatable bonds is 1. The van der Waals surface area contributed by atoms with Crippen LogP contribution in [0, 0.1) is 0 Å². The lowest BCUT2D eigenvalue weighted by molar-refractivity contribution is 0.0202. The van der Waals surface area contributed by atoms with E-state index >= 15 is 0 Å². The molecule has 102 valence electrons. The Morgan fingerprint density at radius 2 is 2.00 bits per heavy atom. The van der Waals surface area contributed by atoms with Gasteiger partial charge >= 0.3 is 0 Å². The molecule has 19 heavy (non-hydrogen) atoms. The molecule has 1 aliphatic heterocycles. The minimum atomic E-state index is -1.06. The summed E-state index contributed by atoms with van der Waals surface area (Å²) in [6.45, 7) is 0.0384. The number of fused-ring (bicyclic) bond motifs is 1. The van der Waals surface area contributed by atoms with Crippen LogP contribution < -0.4 is 0 Å². The fourth-order valence-corrected chi connectivity index (χ4v) is 2.71. The first-order valence-electron chi connectivity index (χ1n) is 5.49. The first kappa shape index (κ1) is 13.4. The normalized spacial score (nSPS) is 27.3. The summed E-state index contributed by atoms with van der Waals surface area (Å²) >= 11 is 18.0. The number of aliphatic hydroxyl groups excluding tert-OH is 2. The van der Waals surface area contributed by atoms with Gasteiger partial charge in [0.1, 0.15) is 24.0 Å². The van der Waals surface area contributed by atoms with Gasteiger partial charge in [-0.2, -0.15) is 0 Å². The van der Waals surface area contributed by atoms with Gasteiger partial charge in [-0.1, -0.05) is 34.8 Å². The molecule has 0 aromatic carbocycles. The first-order valence-corrected chi connectivity index (χ1v) is 6.62. The fourth-order valence-electron chi connectivity index (χ4n) is 2.13. The molecule has 0 saturated carbocycles. The van der Waals surface area contributed by atoms with E-state index < -0.39 is 18.3 Å². The van der Waals surface area contributed by atoms with Gasteiger partial charge in [-0.3, -0.25) is 4.40 Å². The number of hydrogen-bond acceptors (Lipinski definition) is 4. The molecule has 0 bridgehead atoms. The van der Waals surface area contributed by atoms with Crippen molar-refractivity contribution >= 4 is 40.4 Å². The lowest BCUT2D eigenvalue weighted by Crippen LogP contribution is -2.25. The summed E-state index contributed by atoms with van der Waals surface area (Å²) < 4.78 is 6.96. The van der Waals surface area contributed by atoms with Gasteiger partial charge in [0.15, 0.2) is 5.15 Å². The van der Waals surface area contributed by atoms with Gasteiger partial charge in [-0.15, -0.1) is 0 Å². The van der Waals surface area contributed by atoms with Crippen molar-refractivity contribution in [2.24, 2.45) is 0 Å². The van der Waals surface area contributed by atoms with E-state index in [4.69, 9.17) is 39.5 Å². The quantitative estimate of drug-likeness (QED) is 0.843. The minimum Gasteiger partial charge on any atom is -0.388 e. The highest BCUT2D eigenvalue weighted by Gasteiger charge is 2.39. The Morgan fingerprint density at radius 3 is 2.63 bits per heavy atom. The summed E-state index contributed by atoms with van der Waals surface area (Å²) in [5, 5.41) is 20.3. The van der Waals surface area contributed by atoms with Crippen LogP contribution in [0.4, 0.5) is 0 Å². The summed E-state index contributed by atoms with van der Waals surface area (Å²) in [4.78, 5) is 4.13. The third kappa shape index (κ3) is 2.11. The van der Waals surface area contributed by atoms with E-state index in [2.05, 4.69) is 4.98 Å². The molecule has 3 heterocycles. The van der Waals surface area contributed by atoms with E-state index in [0.29, 0.717) is 21.4 Å². The standard InChI is InChI=1S/C11H9Cl3N2O3/c12-4-1-7-15-11(14)8(16(7)2-5(4)13)10-9(18)6(17)3-19-10/h1-2,6,9-10,17-18H,3H2/t6-,9-,10?/m0/s1. The Balaban J connectivity index is 2.18. The minimum absolute atomic E-state index is 0.0384. The van der Waals surface area contributed by atoms with Crippen LogP contribution in [0.15, 0.2) is 12.3 Å². The SMILES string of the molecule is O[C@@H]1C(c2c(Cl)nc3cc(Cl)c(Cl)cn23)OC[C@@H]1O. The molecule has 2 aromatic rings. The summed E-state index contributed by atoms with van der Waals surface area (Å²) in [6.07, 6.45) is -1.22. The molecule has 1 saturated heterocycles. The summed E-state index contributed by atoms with van der Waals surface area (Å²) in [6, 6.07) is 1.57. The number of imidazole rings is 1. The van der Waals surface area contributed by atoms with Crippen molar-refractivity contribution in [3.8, 4) is 0 Å². The smallest absolute Gasteiger partial charge is 0.154 e. The average Bonchev–Trinajstić information content (AvgIpc) is 2.82. The van der Waals surface area contributed by atoms with E-state index in [1.807, 2.05) is 0 Å². The molecule has 3 rings (SSSR count). The Labute approximate surface area is 123 Å². The Hall–Kier alpha value is -0.560. The Morgan fingerprint density at radius 1 is 1.26 bits per heavy atom. The van der Waals surface area contributed by atoms with Crippen molar-refractivity contribution in [3.05, 3.63) is 33.2 Å². The number of aliphatic hydroxyl groups is 2. The number of pyridine rings is 1. The maximum Gasteiger partial charge on any atom is 0.154 e. The summed E-state index contributed by atoms with van der Waals surface area (Å²) in [7, 11) is 0.